The number of carbonyl (C=O) groups is 1. The molecular formula is C15H15BrN2O2. The third-order valence-electron chi connectivity index (χ3n) is 3.37. The Kier molecular flexibility index (Phi) is 3.89. The molecule has 0 bridgehead atoms. The van der Waals surface area contributed by atoms with Crippen LogP contribution >= 0.6 is 15.9 Å². The van der Waals surface area contributed by atoms with Crippen LogP contribution in [-0.2, 0) is 4.74 Å². The number of aromatic nitrogens is 1. The van der Waals surface area contributed by atoms with Gasteiger partial charge in [0.05, 0.1) is 24.5 Å². The van der Waals surface area contributed by atoms with Crippen molar-refractivity contribution in [2.24, 2.45) is 0 Å². The van der Waals surface area contributed by atoms with E-state index in [1.165, 1.54) is 0 Å². The maximum Gasteiger partial charge on any atom is 0.256 e. The van der Waals surface area contributed by atoms with Gasteiger partial charge in [0.25, 0.3) is 5.91 Å². The maximum atomic E-state index is 12.7. The zero-order valence-corrected chi connectivity index (χ0v) is 12.5. The molecule has 0 atom stereocenters. The first-order valence-corrected chi connectivity index (χ1v) is 7.35. The molecule has 1 aromatic heterocycles. The number of hydrogen-bond donors (Lipinski definition) is 0. The molecule has 0 saturated carbocycles. The van der Waals surface area contributed by atoms with Crippen LogP contribution in [0.25, 0.3) is 5.69 Å². The van der Waals surface area contributed by atoms with Crippen molar-refractivity contribution in [2.75, 3.05) is 26.3 Å². The first kappa shape index (κ1) is 13.4. The van der Waals surface area contributed by atoms with Gasteiger partial charge in [-0.05, 0) is 30.3 Å². The summed E-state index contributed by atoms with van der Waals surface area (Å²) in [5.74, 6) is 0.0540. The molecule has 4 nitrogen and oxygen atoms in total. The van der Waals surface area contributed by atoms with Crippen molar-refractivity contribution in [3.05, 3.63) is 52.8 Å². The number of morpholine rings is 1. The van der Waals surface area contributed by atoms with Gasteiger partial charge in [0.1, 0.15) is 0 Å². The summed E-state index contributed by atoms with van der Waals surface area (Å²) in [5.41, 5.74) is 1.60. The Labute approximate surface area is 126 Å². The predicted octanol–water partition coefficient (Wildman–Crippen LogP) is 2.71. The fourth-order valence-corrected chi connectivity index (χ4v) is 2.70. The fourth-order valence-electron chi connectivity index (χ4n) is 2.34. The van der Waals surface area contributed by atoms with Gasteiger partial charge in [-0.25, -0.2) is 0 Å². The highest BCUT2D eigenvalue weighted by Gasteiger charge is 2.21. The van der Waals surface area contributed by atoms with Gasteiger partial charge in [-0.1, -0.05) is 15.9 Å². The first-order valence-electron chi connectivity index (χ1n) is 6.55. The second-order valence-corrected chi connectivity index (χ2v) is 5.57. The van der Waals surface area contributed by atoms with Crippen molar-refractivity contribution in [1.82, 2.24) is 9.47 Å². The van der Waals surface area contributed by atoms with Crippen LogP contribution in [-0.4, -0.2) is 41.7 Å². The number of rotatable bonds is 2. The van der Waals surface area contributed by atoms with E-state index >= 15 is 0 Å². The Morgan fingerprint density at radius 2 is 1.85 bits per heavy atom. The molecular weight excluding hydrogens is 320 g/mol. The summed E-state index contributed by atoms with van der Waals surface area (Å²) in [6.45, 7) is 2.52. The van der Waals surface area contributed by atoms with Gasteiger partial charge < -0.3 is 14.2 Å². The summed E-state index contributed by atoms with van der Waals surface area (Å²) in [4.78, 5) is 14.5. The number of nitrogens with zero attached hydrogens (tertiary/aromatic N) is 2. The summed E-state index contributed by atoms with van der Waals surface area (Å²) in [6.07, 6.45) is 3.89. The van der Waals surface area contributed by atoms with Gasteiger partial charge in [0, 0.05) is 30.0 Å². The summed E-state index contributed by atoms with van der Waals surface area (Å²) in [5, 5.41) is 0. The van der Waals surface area contributed by atoms with Crippen molar-refractivity contribution in [1.29, 1.82) is 0 Å². The van der Waals surface area contributed by atoms with Gasteiger partial charge in [0.2, 0.25) is 0 Å². The lowest BCUT2D eigenvalue weighted by molar-refractivity contribution is 0.0303. The molecule has 1 aliphatic heterocycles. The monoisotopic (exact) mass is 334 g/mol. The van der Waals surface area contributed by atoms with Crippen LogP contribution in [0, 0.1) is 0 Å². The standard InChI is InChI=1S/C15H15BrN2O2/c16-12-3-4-14(17-5-1-2-6-17)13(11-12)15(19)18-7-9-20-10-8-18/h1-6,11H,7-10H2. The van der Waals surface area contributed by atoms with Gasteiger partial charge in [-0.3, -0.25) is 4.79 Å². The summed E-state index contributed by atoms with van der Waals surface area (Å²) in [6, 6.07) is 9.69. The molecule has 3 rings (SSSR count). The summed E-state index contributed by atoms with van der Waals surface area (Å²) < 4.78 is 8.17. The lowest BCUT2D eigenvalue weighted by Crippen LogP contribution is -2.41. The van der Waals surface area contributed by atoms with E-state index in [0.717, 1.165) is 10.2 Å². The molecule has 104 valence electrons. The number of ether oxygens (including phenoxy) is 1. The molecule has 1 saturated heterocycles. The average Bonchev–Trinajstić information content (AvgIpc) is 3.01. The SMILES string of the molecule is O=C(c1cc(Br)ccc1-n1cccc1)N1CCOCC1. The topological polar surface area (TPSA) is 34.5 Å². The second kappa shape index (κ2) is 5.81. The van der Waals surface area contributed by atoms with E-state index in [0.29, 0.717) is 31.9 Å². The van der Waals surface area contributed by atoms with Crippen LogP contribution in [0.2, 0.25) is 0 Å². The van der Waals surface area contributed by atoms with Crippen LogP contribution < -0.4 is 0 Å². The molecule has 0 spiro atoms. The van der Waals surface area contributed by atoms with E-state index in [-0.39, 0.29) is 5.91 Å². The lowest BCUT2D eigenvalue weighted by Gasteiger charge is -2.27. The van der Waals surface area contributed by atoms with E-state index in [9.17, 15) is 4.79 Å². The van der Waals surface area contributed by atoms with Crippen molar-refractivity contribution < 1.29 is 9.53 Å². The number of hydrogen-bond acceptors (Lipinski definition) is 2. The minimum Gasteiger partial charge on any atom is -0.378 e. The molecule has 20 heavy (non-hydrogen) atoms. The molecule has 0 N–H and O–H groups in total. The number of amides is 1. The molecule has 0 radical (unpaired) electrons. The fraction of sp³-hybridized carbons (Fsp3) is 0.267. The largest absolute Gasteiger partial charge is 0.378 e. The Balaban J connectivity index is 1.98. The molecule has 1 amide bonds. The smallest absolute Gasteiger partial charge is 0.256 e. The van der Waals surface area contributed by atoms with E-state index in [1.807, 2.05) is 52.2 Å². The second-order valence-electron chi connectivity index (χ2n) is 4.66. The highest BCUT2D eigenvalue weighted by Crippen LogP contribution is 2.22. The zero-order valence-electron chi connectivity index (χ0n) is 11.0. The minimum absolute atomic E-state index is 0.0540. The first-order chi connectivity index (χ1) is 9.75. The van der Waals surface area contributed by atoms with Crippen LogP contribution in [0.15, 0.2) is 47.2 Å². The normalized spacial score (nSPS) is 15.3. The molecule has 0 unspecified atom stereocenters. The van der Waals surface area contributed by atoms with Gasteiger partial charge in [0.15, 0.2) is 0 Å². The third kappa shape index (κ3) is 2.64. The molecule has 1 aliphatic rings. The molecule has 0 aliphatic carbocycles. The van der Waals surface area contributed by atoms with Crippen molar-refractivity contribution in [2.45, 2.75) is 0 Å². The van der Waals surface area contributed by atoms with E-state index in [2.05, 4.69) is 15.9 Å². The average molecular weight is 335 g/mol. The molecule has 1 fully saturated rings. The Bertz CT molecular complexity index is 604. The summed E-state index contributed by atoms with van der Waals surface area (Å²) in [7, 11) is 0. The number of carbonyl (C=O) groups excluding carboxylic acids is 1. The molecule has 2 heterocycles. The van der Waals surface area contributed by atoms with Crippen LogP contribution in [0.5, 0.6) is 0 Å². The van der Waals surface area contributed by atoms with Crippen LogP contribution in [0.1, 0.15) is 10.4 Å². The number of benzene rings is 1. The van der Waals surface area contributed by atoms with Gasteiger partial charge in [-0.15, -0.1) is 0 Å². The zero-order chi connectivity index (χ0) is 13.9. The molecule has 5 heteroatoms. The quantitative estimate of drug-likeness (QED) is 0.846. The van der Waals surface area contributed by atoms with E-state index < -0.39 is 0 Å². The highest BCUT2D eigenvalue weighted by atomic mass is 79.9. The third-order valence-corrected chi connectivity index (χ3v) is 3.86. The predicted molar refractivity (Wildman–Crippen MR) is 80.2 cm³/mol. The highest BCUT2D eigenvalue weighted by molar-refractivity contribution is 9.10. The number of halogens is 1. The molecule has 2 aromatic rings. The maximum absolute atomic E-state index is 12.7. The van der Waals surface area contributed by atoms with Crippen molar-refractivity contribution in [3.8, 4) is 5.69 Å². The van der Waals surface area contributed by atoms with Crippen LogP contribution in [0.3, 0.4) is 0 Å². The summed E-state index contributed by atoms with van der Waals surface area (Å²) >= 11 is 3.45. The van der Waals surface area contributed by atoms with Gasteiger partial charge in [-0.2, -0.15) is 0 Å². The Hall–Kier alpha value is -1.59. The molecule has 1 aromatic carbocycles. The van der Waals surface area contributed by atoms with Crippen molar-refractivity contribution >= 4 is 21.8 Å². The Morgan fingerprint density at radius 3 is 2.55 bits per heavy atom. The van der Waals surface area contributed by atoms with Crippen LogP contribution in [0.4, 0.5) is 0 Å². The van der Waals surface area contributed by atoms with Gasteiger partial charge >= 0.3 is 0 Å². The lowest BCUT2D eigenvalue weighted by atomic mass is 10.1. The Morgan fingerprint density at radius 1 is 1.15 bits per heavy atom. The van der Waals surface area contributed by atoms with E-state index in [4.69, 9.17) is 4.74 Å². The van der Waals surface area contributed by atoms with Crippen molar-refractivity contribution in [3.63, 3.8) is 0 Å². The van der Waals surface area contributed by atoms with E-state index in [1.54, 1.807) is 0 Å². The minimum atomic E-state index is 0.0540.